The van der Waals surface area contributed by atoms with Gasteiger partial charge in [0.1, 0.15) is 4.99 Å². The average molecular weight is 277 g/mol. The van der Waals surface area contributed by atoms with E-state index in [0.717, 1.165) is 22.5 Å². The van der Waals surface area contributed by atoms with Gasteiger partial charge >= 0.3 is 0 Å². The normalized spacial score (nSPS) is 10.1. The quantitative estimate of drug-likeness (QED) is 0.832. The van der Waals surface area contributed by atoms with Crippen molar-refractivity contribution in [1.82, 2.24) is 0 Å². The molecule has 18 heavy (non-hydrogen) atoms. The summed E-state index contributed by atoms with van der Waals surface area (Å²) in [7, 11) is 0. The highest BCUT2D eigenvalue weighted by Gasteiger charge is 2.03. The monoisotopic (exact) mass is 276 g/mol. The summed E-state index contributed by atoms with van der Waals surface area (Å²) in [4.78, 5) is 0.418. The third-order valence-electron chi connectivity index (χ3n) is 2.61. The molecule has 0 fully saturated rings. The van der Waals surface area contributed by atoms with Crippen LogP contribution in [0.5, 0.6) is 0 Å². The molecule has 3 N–H and O–H groups in total. The minimum absolute atomic E-state index is 0.418. The molecule has 0 aromatic heterocycles. The van der Waals surface area contributed by atoms with Gasteiger partial charge in [-0.3, -0.25) is 0 Å². The van der Waals surface area contributed by atoms with Gasteiger partial charge in [0, 0.05) is 22.0 Å². The van der Waals surface area contributed by atoms with Crippen LogP contribution in [-0.4, -0.2) is 4.99 Å². The molecule has 2 nitrogen and oxygen atoms in total. The Hall–Kier alpha value is -1.58. The number of halogens is 1. The average Bonchev–Trinajstić information content (AvgIpc) is 2.28. The Bertz CT molecular complexity index is 596. The predicted octanol–water partition coefficient (Wildman–Crippen LogP) is 4.03. The van der Waals surface area contributed by atoms with Crippen molar-refractivity contribution >= 4 is 40.2 Å². The number of nitrogens with two attached hydrogens (primary N) is 1. The first-order chi connectivity index (χ1) is 8.56. The van der Waals surface area contributed by atoms with Gasteiger partial charge < -0.3 is 11.1 Å². The molecular weight excluding hydrogens is 264 g/mol. The fourth-order valence-corrected chi connectivity index (χ4v) is 2.17. The smallest absolute Gasteiger partial charge is 0.104 e. The fourth-order valence-electron chi connectivity index (χ4n) is 1.75. The second kappa shape index (κ2) is 5.38. The van der Waals surface area contributed by atoms with E-state index in [4.69, 9.17) is 29.6 Å². The molecule has 0 saturated carbocycles. The lowest BCUT2D eigenvalue weighted by Gasteiger charge is -2.10. The van der Waals surface area contributed by atoms with E-state index >= 15 is 0 Å². The highest BCUT2D eigenvalue weighted by Crippen LogP contribution is 2.22. The van der Waals surface area contributed by atoms with Crippen LogP contribution in [0.3, 0.4) is 0 Å². The summed E-state index contributed by atoms with van der Waals surface area (Å²) in [5.41, 5.74) is 9.52. The van der Waals surface area contributed by atoms with Crippen LogP contribution >= 0.6 is 23.8 Å². The summed E-state index contributed by atoms with van der Waals surface area (Å²) < 4.78 is 0. The van der Waals surface area contributed by atoms with E-state index in [2.05, 4.69) is 5.32 Å². The summed E-state index contributed by atoms with van der Waals surface area (Å²) in [6.45, 7) is 1.98. The van der Waals surface area contributed by atoms with Crippen molar-refractivity contribution in [2.75, 3.05) is 5.32 Å². The van der Waals surface area contributed by atoms with Crippen molar-refractivity contribution in [3.05, 3.63) is 58.6 Å². The van der Waals surface area contributed by atoms with Crippen LogP contribution in [-0.2, 0) is 0 Å². The first kappa shape index (κ1) is 12.9. The molecule has 4 heteroatoms. The molecule has 0 amide bonds. The van der Waals surface area contributed by atoms with Crippen molar-refractivity contribution in [3.63, 3.8) is 0 Å². The van der Waals surface area contributed by atoms with Crippen LogP contribution in [0, 0.1) is 6.92 Å². The van der Waals surface area contributed by atoms with Gasteiger partial charge in [-0.05, 0) is 48.9 Å². The standard InChI is InChI=1S/C14H13ClN2S/c1-9-7-12(5-6-13(9)14(16)18)17-11-4-2-3-10(15)8-11/h2-8,17H,1H3,(H2,16,18). The lowest BCUT2D eigenvalue weighted by molar-refractivity contribution is 1.42. The molecule has 0 aliphatic carbocycles. The third-order valence-corrected chi connectivity index (χ3v) is 3.06. The van der Waals surface area contributed by atoms with Crippen LogP contribution in [0.15, 0.2) is 42.5 Å². The van der Waals surface area contributed by atoms with Crippen molar-refractivity contribution in [2.24, 2.45) is 5.73 Å². The zero-order valence-corrected chi connectivity index (χ0v) is 11.5. The van der Waals surface area contributed by atoms with Gasteiger partial charge in [-0.1, -0.05) is 29.9 Å². The Morgan fingerprint density at radius 2 is 1.89 bits per heavy atom. The van der Waals surface area contributed by atoms with Gasteiger partial charge in [0.2, 0.25) is 0 Å². The molecule has 0 atom stereocenters. The summed E-state index contributed by atoms with van der Waals surface area (Å²) >= 11 is 10.9. The molecule has 2 rings (SSSR count). The number of hydrogen-bond acceptors (Lipinski definition) is 2. The van der Waals surface area contributed by atoms with E-state index in [1.54, 1.807) is 0 Å². The Morgan fingerprint density at radius 3 is 2.50 bits per heavy atom. The lowest BCUT2D eigenvalue weighted by Crippen LogP contribution is -2.11. The number of nitrogens with one attached hydrogen (secondary N) is 1. The van der Waals surface area contributed by atoms with Crippen LogP contribution in [0.25, 0.3) is 0 Å². The molecule has 0 spiro atoms. The highest BCUT2D eigenvalue weighted by molar-refractivity contribution is 7.80. The topological polar surface area (TPSA) is 38.0 Å². The largest absolute Gasteiger partial charge is 0.389 e. The van der Waals surface area contributed by atoms with Crippen molar-refractivity contribution in [2.45, 2.75) is 6.92 Å². The van der Waals surface area contributed by atoms with Gasteiger partial charge in [-0.2, -0.15) is 0 Å². The first-order valence-corrected chi connectivity index (χ1v) is 6.28. The maximum atomic E-state index is 5.94. The second-order valence-electron chi connectivity index (χ2n) is 4.03. The fraction of sp³-hybridized carbons (Fsp3) is 0.0714. The van der Waals surface area contributed by atoms with E-state index in [1.165, 1.54) is 0 Å². The molecule has 92 valence electrons. The number of benzene rings is 2. The van der Waals surface area contributed by atoms with Gasteiger partial charge in [0.05, 0.1) is 0 Å². The Kier molecular flexibility index (Phi) is 3.84. The molecule has 2 aromatic carbocycles. The zero-order valence-electron chi connectivity index (χ0n) is 9.91. The second-order valence-corrected chi connectivity index (χ2v) is 4.91. The van der Waals surface area contributed by atoms with Gasteiger partial charge in [0.15, 0.2) is 0 Å². The zero-order chi connectivity index (χ0) is 13.1. The van der Waals surface area contributed by atoms with Gasteiger partial charge in [-0.15, -0.1) is 0 Å². The number of thiocarbonyl (C=S) groups is 1. The van der Waals surface area contributed by atoms with Gasteiger partial charge in [0.25, 0.3) is 0 Å². The molecule has 0 aliphatic heterocycles. The molecule has 0 bridgehead atoms. The number of aryl methyl sites for hydroxylation is 1. The molecule has 2 aromatic rings. The molecule has 0 saturated heterocycles. The third kappa shape index (κ3) is 3.00. The molecular formula is C14H13ClN2S. The minimum atomic E-state index is 0.418. The molecule has 0 radical (unpaired) electrons. The van der Waals surface area contributed by atoms with E-state index < -0.39 is 0 Å². The Balaban J connectivity index is 2.25. The first-order valence-electron chi connectivity index (χ1n) is 5.49. The van der Waals surface area contributed by atoms with Crippen molar-refractivity contribution < 1.29 is 0 Å². The SMILES string of the molecule is Cc1cc(Nc2cccc(Cl)c2)ccc1C(N)=S. The van der Waals surface area contributed by atoms with Crippen molar-refractivity contribution in [1.29, 1.82) is 0 Å². The number of rotatable bonds is 3. The lowest BCUT2D eigenvalue weighted by atomic mass is 10.1. The highest BCUT2D eigenvalue weighted by atomic mass is 35.5. The Labute approximate surface area is 117 Å². The minimum Gasteiger partial charge on any atom is -0.389 e. The van der Waals surface area contributed by atoms with E-state index in [0.29, 0.717) is 10.0 Å². The van der Waals surface area contributed by atoms with E-state index in [-0.39, 0.29) is 0 Å². The summed E-state index contributed by atoms with van der Waals surface area (Å²) in [6.07, 6.45) is 0. The molecule has 0 heterocycles. The number of hydrogen-bond donors (Lipinski definition) is 2. The van der Waals surface area contributed by atoms with Crippen LogP contribution < -0.4 is 11.1 Å². The van der Waals surface area contributed by atoms with E-state index in [1.807, 2.05) is 49.4 Å². The maximum absolute atomic E-state index is 5.94. The molecule has 0 unspecified atom stereocenters. The van der Waals surface area contributed by atoms with E-state index in [9.17, 15) is 0 Å². The molecule has 0 aliphatic rings. The van der Waals surface area contributed by atoms with Crippen LogP contribution in [0.1, 0.15) is 11.1 Å². The van der Waals surface area contributed by atoms with Crippen molar-refractivity contribution in [3.8, 4) is 0 Å². The summed E-state index contributed by atoms with van der Waals surface area (Å²) in [5.74, 6) is 0. The maximum Gasteiger partial charge on any atom is 0.104 e. The predicted molar refractivity (Wildman–Crippen MR) is 81.8 cm³/mol. The van der Waals surface area contributed by atoms with Gasteiger partial charge in [-0.25, -0.2) is 0 Å². The Morgan fingerprint density at radius 1 is 1.17 bits per heavy atom. The summed E-state index contributed by atoms with van der Waals surface area (Å²) in [6, 6.07) is 13.5. The number of anilines is 2. The van der Waals surface area contributed by atoms with Crippen LogP contribution in [0.2, 0.25) is 5.02 Å². The summed E-state index contributed by atoms with van der Waals surface area (Å²) in [5, 5.41) is 3.99. The van der Waals surface area contributed by atoms with Crippen LogP contribution in [0.4, 0.5) is 11.4 Å².